The maximum Gasteiger partial charge on any atom is 0.341 e. The van der Waals surface area contributed by atoms with Crippen molar-refractivity contribution in [3.8, 4) is 17.2 Å². The largest absolute Gasteiger partial charge is 0.508 e. The molecule has 1 heterocycles. The van der Waals surface area contributed by atoms with E-state index in [0.29, 0.717) is 29.2 Å². The zero-order valence-corrected chi connectivity index (χ0v) is 17.1. The number of carboxylic acids is 1. The van der Waals surface area contributed by atoms with Crippen LogP contribution < -0.4 is 14.4 Å². The van der Waals surface area contributed by atoms with Gasteiger partial charge in [0.2, 0.25) is 0 Å². The second-order valence-electron chi connectivity index (χ2n) is 6.31. The van der Waals surface area contributed by atoms with E-state index in [-0.39, 0.29) is 16.4 Å². The summed E-state index contributed by atoms with van der Waals surface area (Å²) in [6, 6.07) is 9.21. The van der Waals surface area contributed by atoms with Crippen molar-refractivity contribution in [1.29, 1.82) is 0 Å². The summed E-state index contributed by atoms with van der Waals surface area (Å²) in [7, 11) is 0. The van der Waals surface area contributed by atoms with E-state index >= 15 is 0 Å². The SMILES string of the molecule is CCOc1cc(/C=C2/SC(=O)N(c3ccc(O)cc3C)C2=O)ccc1OCC(=O)O. The minimum atomic E-state index is -1.11. The van der Waals surface area contributed by atoms with Gasteiger partial charge in [0.05, 0.1) is 17.2 Å². The highest BCUT2D eigenvalue weighted by Gasteiger charge is 2.37. The Labute approximate surface area is 176 Å². The molecule has 30 heavy (non-hydrogen) atoms. The molecule has 0 radical (unpaired) electrons. The number of phenolic OH excluding ortho intramolecular Hbond substituents is 1. The number of phenols is 1. The normalized spacial score (nSPS) is 15.0. The first-order valence-electron chi connectivity index (χ1n) is 8.99. The van der Waals surface area contributed by atoms with Gasteiger partial charge in [0.15, 0.2) is 18.1 Å². The van der Waals surface area contributed by atoms with Crippen molar-refractivity contribution in [3.63, 3.8) is 0 Å². The molecular weight excluding hydrogens is 410 g/mol. The smallest absolute Gasteiger partial charge is 0.341 e. The van der Waals surface area contributed by atoms with E-state index in [9.17, 15) is 19.5 Å². The van der Waals surface area contributed by atoms with Crippen molar-refractivity contribution in [2.75, 3.05) is 18.1 Å². The van der Waals surface area contributed by atoms with Gasteiger partial charge >= 0.3 is 5.97 Å². The second kappa shape index (κ2) is 8.91. The number of amides is 2. The molecular formula is C21H19NO7S. The van der Waals surface area contributed by atoms with Gasteiger partial charge in [-0.3, -0.25) is 9.59 Å². The maximum atomic E-state index is 12.8. The van der Waals surface area contributed by atoms with Crippen molar-refractivity contribution in [2.45, 2.75) is 13.8 Å². The Hall–Kier alpha value is -3.46. The lowest BCUT2D eigenvalue weighted by Crippen LogP contribution is -2.28. The Kier molecular flexibility index (Phi) is 6.31. The molecule has 1 aliphatic rings. The predicted octanol–water partition coefficient (Wildman–Crippen LogP) is 3.80. The number of hydrogen-bond donors (Lipinski definition) is 2. The fourth-order valence-electron chi connectivity index (χ4n) is 2.86. The summed E-state index contributed by atoms with van der Waals surface area (Å²) in [4.78, 5) is 37.3. The van der Waals surface area contributed by atoms with Gasteiger partial charge in [-0.25, -0.2) is 9.69 Å². The van der Waals surface area contributed by atoms with Gasteiger partial charge in [-0.15, -0.1) is 0 Å². The summed E-state index contributed by atoms with van der Waals surface area (Å²) in [5.41, 5.74) is 1.59. The number of hydrogen-bond acceptors (Lipinski definition) is 7. The predicted molar refractivity (Wildman–Crippen MR) is 112 cm³/mol. The minimum absolute atomic E-state index is 0.0485. The number of ether oxygens (including phenoxy) is 2. The quantitative estimate of drug-likeness (QED) is 0.639. The van der Waals surface area contributed by atoms with Crippen LogP contribution in [0.15, 0.2) is 41.3 Å². The van der Waals surface area contributed by atoms with Crippen molar-refractivity contribution in [2.24, 2.45) is 0 Å². The average molecular weight is 429 g/mol. The van der Waals surface area contributed by atoms with Crippen LogP contribution >= 0.6 is 11.8 Å². The number of anilines is 1. The molecule has 0 saturated carbocycles. The number of nitrogens with zero attached hydrogens (tertiary/aromatic N) is 1. The number of carboxylic acid groups (broad SMARTS) is 1. The number of imide groups is 1. The van der Waals surface area contributed by atoms with E-state index < -0.39 is 23.7 Å². The molecule has 0 bridgehead atoms. The fourth-order valence-corrected chi connectivity index (χ4v) is 3.69. The molecule has 156 valence electrons. The number of aryl methyl sites for hydroxylation is 1. The third-order valence-corrected chi connectivity index (χ3v) is 5.00. The lowest BCUT2D eigenvalue weighted by Gasteiger charge is -2.15. The molecule has 1 saturated heterocycles. The molecule has 0 spiro atoms. The lowest BCUT2D eigenvalue weighted by atomic mass is 10.1. The first kappa shape index (κ1) is 21.3. The summed E-state index contributed by atoms with van der Waals surface area (Å²) < 4.78 is 10.7. The van der Waals surface area contributed by atoms with E-state index in [0.717, 1.165) is 16.7 Å². The summed E-state index contributed by atoms with van der Waals surface area (Å²) >= 11 is 0.808. The average Bonchev–Trinajstić information content (AvgIpc) is 2.95. The van der Waals surface area contributed by atoms with Crippen molar-refractivity contribution in [3.05, 3.63) is 52.4 Å². The number of thioether (sulfide) groups is 1. The Bertz CT molecular complexity index is 1050. The monoisotopic (exact) mass is 429 g/mol. The highest BCUT2D eigenvalue weighted by atomic mass is 32.2. The number of carbonyl (C=O) groups is 3. The van der Waals surface area contributed by atoms with E-state index in [1.165, 1.54) is 18.2 Å². The van der Waals surface area contributed by atoms with Gasteiger partial charge in [0, 0.05) is 0 Å². The van der Waals surface area contributed by atoms with Crippen LogP contribution in [0.3, 0.4) is 0 Å². The number of rotatable bonds is 7. The number of carbonyl (C=O) groups excluding carboxylic acids is 2. The molecule has 9 heteroatoms. The topological polar surface area (TPSA) is 113 Å². The van der Waals surface area contributed by atoms with Crippen molar-refractivity contribution < 1.29 is 34.1 Å². The molecule has 8 nitrogen and oxygen atoms in total. The highest BCUT2D eigenvalue weighted by Crippen LogP contribution is 2.38. The molecule has 1 aliphatic heterocycles. The molecule has 2 aromatic rings. The Morgan fingerprint density at radius 3 is 2.57 bits per heavy atom. The van der Waals surface area contributed by atoms with Gasteiger partial charge in [0.1, 0.15) is 5.75 Å². The van der Waals surface area contributed by atoms with Crippen molar-refractivity contribution in [1.82, 2.24) is 0 Å². The molecule has 0 aromatic heterocycles. The zero-order valence-electron chi connectivity index (χ0n) is 16.2. The molecule has 2 aromatic carbocycles. The molecule has 0 atom stereocenters. The highest BCUT2D eigenvalue weighted by molar-refractivity contribution is 8.19. The molecule has 1 fully saturated rings. The first-order valence-corrected chi connectivity index (χ1v) is 9.80. The number of benzene rings is 2. The molecule has 2 N–H and O–H groups in total. The number of aromatic hydroxyl groups is 1. The van der Waals surface area contributed by atoms with Crippen LogP contribution in [0, 0.1) is 6.92 Å². The van der Waals surface area contributed by atoms with Gasteiger partial charge < -0.3 is 19.7 Å². The van der Waals surface area contributed by atoms with Crippen LogP contribution in [-0.2, 0) is 9.59 Å². The molecule has 3 rings (SSSR count). The standard InChI is InChI=1S/C21H19NO7S/c1-3-28-17-9-13(4-7-16(17)29-11-19(24)25)10-18-20(26)22(21(27)30-18)15-6-5-14(23)8-12(15)2/h4-10,23H,3,11H2,1-2H3,(H,24,25)/b18-10+. The van der Waals surface area contributed by atoms with Crippen LogP contribution in [0.1, 0.15) is 18.1 Å². The van der Waals surface area contributed by atoms with Gasteiger partial charge in [-0.1, -0.05) is 6.07 Å². The summed E-state index contributed by atoms with van der Waals surface area (Å²) in [5.74, 6) is -0.930. The zero-order chi connectivity index (χ0) is 21.8. The molecule has 0 unspecified atom stereocenters. The van der Waals surface area contributed by atoms with Crippen molar-refractivity contribution >= 4 is 40.6 Å². The minimum Gasteiger partial charge on any atom is -0.508 e. The van der Waals surface area contributed by atoms with E-state index in [1.807, 2.05) is 0 Å². The Balaban J connectivity index is 1.89. The van der Waals surface area contributed by atoms with Gasteiger partial charge in [0.25, 0.3) is 11.1 Å². The summed E-state index contributed by atoms with van der Waals surface area (Å²) in [6.07, 6.45) is 1.56. The van der Waals surface area contributed by atoms with E-state index in [2.05, 4.69) is 0 Å². The van der Waals surface area contributed by atoms with Crippen LogP contribution in [0.25, 0.3) is 6.08 Å². The summed E-state index contributed by atoms with van der Waals surface area (Å²) in [6.45, 7) is 3.30. The third-order valence-electron chi connectivity index (χ3n) is 4.13. The first-order chi connectivity index (χ1) is 14.3. The third kappa shape index (κ3) is 4.57. The van der Waals surface area contributed by atoms with Gasteiger partial charge in [-0.2, -0.15) is 0 Å². The number of aliphatic carboxylic acids is 1. The van der Waals surface area contributed by atoms with Crippen LogP contribution in [0.4, 0.5) is 10.5 Å². The second-order valence-corrected chi connectivity index (χ2v) is 7.30. The lowest BCUT2D eigenvalue weighted by molar-refractivity contribution is -0.139. The van der Waals surface area contributed by atoms with Crippen LogP contribution in [-0.4, -0.2) is 40.5 Å². The Morgan fingerprint density at radius 2 is 1.90 bits per heavy atom. The fraction of sp³-hybridized carbons (Fsp3) is 0.190. The maximum absolute atomic E-state index is 12.8. The Morgan fingerprint density at radius 1 is 1.13 bits per heavy atom. The molecule has 0 aliphatic carbocycles. The summed E-state index contributed by atoms with van der Waals surface area (Å²) in [5, 5.41) is 17.9. The van der Waals surface area contributed by atoms with E-state index in [1.54, 1.807) is 38.1 Å². The van der Waals surface area contributed by atoms with Crippen LogP contribution in [0.2, 0.25) is 0 Å². The molecule has 2 amide bonds. The van der Waals surface area contributed by atoms with Gasteiger partial charge in [-0.05, 0) is 73.1 Å². The van der Waals surface area contributed by atoms with Crippen LogP contribution in [0.5, 0.6) is 17.2 Å². The van der Waals surface area contributed by atoms with E-state index in [4.69, 9.17) is 14.6 Å².